The molecule has 1 aliphatic rings. The van der Waals surface area contributed by atoms with Gasteiger partial charge in [0.1, 0.15) is 10.6 Å². The zero-order valence-corrected chi connectivity index (χ0v) is 19.0. The number of amides is 1. The van der Waals surface area contributed by atoms with Crippen LogP contribution in [0.5, 0.6) is 0 Å². The predicted molar refractivity (Wildman–Crippen MR) is 123 cm³/mol. The second-order valence-corrected chi connectivity index (χ2v) is 9.87. The number of fused-ring (bicyclic) bond motifs is 1. The van der Waals surface area contributed by atoms with Crippen LogP contribution >= 0.6 is 22.9 Å². The molecule has 30 heavy (non-hydrogen) atoms. The maximum Gasteiger partial charge on any atom is 0.410 e. The molecule has 0 aliphatic carbocycles. The van der Waals surface area contributed by atoms with Gasteiger partial charge in [-0.2, -0.15) is 0 Å². The molecule has 4 rings (SSSR count). The fraction of sp³-hybridized carbons (Fsp3) is 0.304. The molecule has 0 saturated carbocycles. The largest absolute Gasteiger partial charge is 0.444 e. The Balaban J connectivity index is 1.62. The molecule has 156 valence electrons. The Morgan fingerprint density at radius 2 is 1.80 bits per heavy atom. The lowest BCUT2D eigenvalue weighted by molar-refractivity contribution is 0.0241. The first-order chi connectivity index (χ1) is 14.1. The number of thiazole rings is 1. The number of benzene rings is 2. The number of nitrogen functional groups attached to an aromatic ring is 1. The van der Waals surface area contributed by atoms with Crippen molar-refractivity contribution in [2.75, 3.05) is 5.73 Å². The number of anilines is 1. The van der Waals surface area contributed by atoms with Crippen LogP contribution in [0.15, 0.2) is 36.4 Å². The van der Waals surface area contributed by atoms with E-state index < -0.39 is 5.60 Å². The lowest BCUT2D eigenvalue weighted by Crippen LogP contribution is -2.33. The van der Waals surface area contributed by atoms with E-state index in [0.29, 0.717) is 23.8 Å². The summed E-state index contributed by atoms with van der Waals surface area (Å²) in [5, 5.41) is 1.51. The van der Waals surface area contributed by atoms with Crippen molar-refractivity contribution >= 4 is 34.7 Å². The molecule has 3 aromatic rings. The third kappa shape index (κ3) is 3.89. The minimum absolute atomic E-state index is 0.302. The van der Waals surface area contributed by atoms with Crippen LogP contribution in [0, 0.1) is 6.92 Å². The van der Waals surface area contributed by atoms with E-state index in [2.05, 4.69) is 13.0 Å². The molecule has 2 heterocycles. The number of ether oxygens (including phenoxy) is 1. The number of hydrogen-bond donors (Lipinski definition) is 1. The minimum atomic E-state index is -0.509. The number of rotatable bonds is 2. The molecule has 1 amide bonds. The van der Waals surface area contributed by atoms with Crippen LogP contribution in [0.1, 0.15) is 36.9 Å². The lowest BCUT2D eigenvalue weighted by atomic mass is 9.96. The highest BCUT2D eigenvalue weighted by molar-refractivity contribution is 7.15. The molecule has 2 aromatic carbocycles. The van der Waals surface area contributed by atoms with Crippen molar-refractivity contribution in [1.82, 2.24) is 9.88 Å². The number of nitrogens with zero attached hydrogens (tertiary/aromatic N) is 2. The first-order valence-electron chi connectivity index (χ1n) is 9.75. The third-order valence-corrected chi connectivity index (χ3v) is 6.53. The van der Waals surface area contributed by atoms with E-state index in [1.165, 1.54) is 0 Å². The Hall–Kier alpha value is -2.57. The highest BCUT2D eigenvalue weighted by Gasteiger charge is 2.31. The van der Waals surface area contributed by atoms with E-state index >= 15 is 0 Å². The fourth-order valence-corrected chi connectivity index (χ4v) is 4.92. The highest BCUT2D eigenvalue weighted by Crippen LogP contribution is 2.40. The van der Waals surface area contributed by atoms with Crippen LogP contribution in [0.2, 0.25) is 5.02 Å². The maximum atomic E-state index is 12.4. The summed E-state index contributed by atoms with van der Waals surface area (Å²) in [4.78, 5) is 20.0. The minimum Gasteiger partial charge on any atom is -0.444 e. The van der Waals surface area contributed by atoms with Crippen LogP contribution in [0.25, 0.3) is 21.7 Å². The summed E-state index contributed by atoms with van der Waals surface area (Å²) in [7, 11) is 0. The summed E-state index contributed by atoms with van der Waals surface area (Å²) in [6.07, 6.45) is -0.302. The fourth-order valence-electron chi connectivity index (χ4n) is 3.53. The molecule has 0 radical (unpaired) electrons. The molecule has 5 nitrogen and oxygen atoms in total. The molecule has 0 bridgehead atoms. The van der Waals surface area contributed by atoms with Crippen molar-refractivity contribution in [1.29, 1.82) is 0 Å². The quantitative estimate of drug-likeness (QED) is 0.475. The number of aromatic nitrogens is 1. The average Bonchev–Trinajstić information content (AvgIpc) is 3.22. The van der Waals surface area contributed by atoms with Gasteiger partial charge in [-0.05, 0) is 44.9 Å². The first-order valence-corrected chi connectivity index (χ1v) is 10.9. The topological polar surface area (TPSA) is 68.5 Å². The summed E-state index contributed by atoms with van der Waals surface area (Å²) in [6, 6.07) is 11.8. The van der Waals surface area contributed by atoms with E-state index in [9.17, 15) is 4.79 Å². The van der Waals surface area contributed by atoms with Gasteiger partial charge in [-0.3, -0.25) is 4.90 Å². The second kappa shape index (κ2) is 7.60. The summed E-state index contributed by atoms with van der Waals surface area (Å²) in [5.41, 5.74) is 11.1. The molecule has 0 unspecified atom stereocenters. The van der Waals surface area contributed by atoms with Crippen LogP contribution in [-0.2, 0) is 17.8 Å². The first kappa shape index (κ1) is 20.7. The zero-order chi connectivity index (χ0) is 21.6. The second-order valence-electron chi connectivity index (χ2n) is 8.41. The van der Waals surface area contributed by atoms with Crippen LogP contribution in [0.3, 0.4) is 0 Å². The third-order valence-electron chi connectivity index (χ3n) is 4.99. The standard InChI is InChI=1S/C23H24ClN3O2S/c1-13-14(16-9-6-10-17(25)20(16)24)7-5-8-15(13)21-26-18-11-27(12-19(18)30-21)22(28)29-23(2,3)4/h5-10H,11-12,25H2,1-4H3. The summed E-state index contributed by atoms with van der Waals surface area (Å²) >= 11 is 8.08. The number of carbonyl (C=O) groups is 1. The summed E-state index contributed by atoms with van der Waals surface area (Å²) in [6.45, 7) is 8.69. The van der Waals surface area contributed by atoms with Gasteiger partial charge in [0, 0.05) is 16.0 Å². The van der Waals surface area contributed by atoms with Gasteiger partial charge in [0.25, 0.3) is 0 Å². The Morgan fingerprint density at radius 1 is 1.13 bits per heavy atom. The monoisotopic (exact) mass is 441 g/mol. The smallest absolute Gasteiger partial charge is 0.410 e. The van der Waals surface area contributed by atoms with E-state index in [1.54, 1.807) is 22.3 Å². The molecule has 0 spiro atoms. The molecule has 7 heteroatoms. The van der Waals surface area contributed by atoms with Crippen LogP contribution in [0.4, 0.5) is 10.5 Å². The van der Waals surface area contributed by atoms with Gasteiger partial charge >= 0.3 is 6.09 Å². The molecule has 1 aliphatic heterocycles. The van der Waals surface area contributed by atoms with Gasteiger partial charge in [0.15, 0.2) is 0 Å². The van der Waals surface area contributed by atoms with Crippen molar-refractivity contribution in [2.24, 2.45) is 0 Å². The van der Waals surface area contributed by atoms with Crippen molar-refractivity contribution in [3.05, 3.63) is 57.6 Å². The molecule has 0 atom stereocenters. The Kier molecular flexibility index (Phi) is 5.24. The van der Waals surface area contributed by atoms with Gasteiger partial charge in [-0.15, -0.1) is 11.3 Å². The van der Waals surface area contributed by atoms with E-state index in [-0.39, 0.29) is 6.09 Å². The van der Waals surface area contributed by atoms with Crippen molar-refractivity contribution in [3.63, 3.8) is 0 Å². The molecular formula is C23H24ClN3O2S. The van der Waals surface area contributed by atoms with Gasteiger partial charge in [0.05, 0.1) is 29.5 Å². The number of halogens is 1. The maximum absolute atomic E-state index is 12.4. The average molecular weight is 442 g/mol. The molecule has 2 N–H and O–H groups in total. The van der Waals surface area contributed by atoms with Gasteiger partial charge in [-0.1, -0.05) is 41.9 Å². The van der Waals surface area contributed by atoms with Gasteiger partial charge in [-0.25, -0.2) is 9.78 Å². The Labute approximate surface area is 185 Å². The van der Waals surface area contributed by atoms with Crippen molar-refractivity contribution < 1.29 is 9.53 Å². The molecule has 0 saturated heterocycles. The zero-order valence-electron chi connectivity index (χ0n) is 17.5. The Morgan fingerprint density at radius 3 is 2.50 bits per heavy atom. The Bertz CT molecular complexity index is 1110. The highest BCUT2D eigenvalue weighted by atomic mass is 35.5. The van der Waals surface area contributed by atoms with E-state index in [0.717, 1.165) is 37.8 Å². The normalized spacial score (nSPS) is 13.4. The number of carbonyl (C=O) groups excluding carboxylic acids is 1. The lowest BCUT2D eigenvalue weighted by Gasteiger charge is -2.24. The summed E-state index contributed by atoms with van der Waals surface area (Å²) in [5.74, 6) is 0. The van der Waals surface area contributed by atoms with Crippen molar-refractivity contribution in [2.45, 2.75) is 46.4 Å². The summed E-state index contributed by atoms with van der Waals surface area (Å²) < 4.78 is 5.48. The van der Waals surface area contributed by atoms with Gasteiger partial charge in [0.2, 0.25) is 0 Å². The van der Waals surface area contributed by atoms with Crippen molar-refractivity contribution in [3.8, 4) is 21.7 Å². The van der Waals surface area contributed by atoms with E-state index in [1.807, 2.05) is 45.0 Å². The SMILES string of the molecule is Cc1c(-c2nc3c(s2)CN(C(=O)OC(C)(C)C)C3)cccc1-c1cccc(N)c1Cl. The number of nitrogens with two attached hydrogens (primary N) is 1. The molecule has 1 aromatic heterocycles. The van der Waals surface area contributed by atoms with Crippen LogP contribution in [-0.4, -0.2) is 21.6 Å². The predicted octanol–water partition coefficient (Wildman–Crippen LogP) is 6.27. The number of hydrogen-bond acceptors (Lipinski definition) is 5. The molecular weight excluding hydrogens is 418 g/mol. The van der Waals surface area contributed by atoms with Gasteiger partial charge < -0.3 is 10.5 Å². The van der Waals surface area contributed by atoms with Crippen LogP contribution < -0.4 is 5.73 Å². The van der Waals surface area contributed by atoms with E-state index in [4.69, 9.17) is 27.1 Å². The molecule has 0 fully saturated rings.